The summed E-state index contributed by atoms with van der Waals surface area (Å²) in [5.74, 6) is -0.566. The molecule has 8 nitrogen and oxygen atoms in total. The monoisotopic (exact) mass is 374 g/mol. The second-order valence-corrected chi connectivity index (χ2v) is 6.38. The standard InChI is InChI=1S/C19H22N2O6/c1-25-14-8-11(9-15(26-2)17(14)27-3)20-16(22)10-21-18(23)12-6-4-5-7-13(12)19(21)24/h4-5,8-9,12-13H,6-7,10H2,1-3H3,(H,20,22)/t12-,13-/m0/s1. The van der Waals surface area contributed by atoms with Gasteiger partial charge in [0.25, 0.3) is 0 Å². The van der Waals surface area contributed by atoms with Gasteiger partial charge in [0, 0.05) is 17.8 Å². The van der Waals surface area contributed by atoms with Crippen molar-refractivity contribution >= 4 is 23.4 Å². The Hall–Kier alpha value is -3.03. The van der Waals surface area contributed by atoms with Gasteiger partial charge in [-0.15, -0.1) is 0 Å². The van der Waals surface area contributed by atoms with Crippen molar-refractivity contribution in [2.45, 2.75) is 12.8 Å². The maximum absolute atomic E-state index is 12.5. The number of fused-ring (bicyclic) bond motifs is 1. The second kappa shape index (κ2) is 7.69. The van der Waals surface area contributed by atoms with Crippen LogP contribution < -0.4 is 19.5 Å². The summed E-state index contributed by atoms with van der Waals surface area (Å²) in [7, 11) is 4.43. The van der Waals surface area contributed by atoms with Crippen LogP contribution in [0.25, 0.3) is 0 Å². The van der Waals surface area contributed by atoms with Gasteiger partial charge in [-0.25, -0.2) is 0 Å². The number of benzene rings is 1. The molecule has 0 aromatic heterocycles. The molecule has 3 rings (SSSR count). The Morgan fingerprint density at radius 1 is 1.00 bits per heavy atom. The molecule has 0 unspecified atom stereocenters. The summed E-state index contributed by atoms with van der Waals surface area (Å²) in [5, 5.41) is 2.68. The number of methoxy groups -OCH3 is 3. The van der Waals surface area contributed by atoms with Crippen LogP contribution in [-0.2, 0) is 14.4 Å². The average molecular weight is 374 g/mol. The van der Waals surface area contributed by atoms with Gasteiger partial charge in [-0.05, 0) is 12.8 Å². The van der Waals surface area contributed by atoms with E-state index in [2.05, 4.69) is 5.32 Å². The van der Waals surface area contributed by atoms with Crippen molar-refractivity contribution in [1.29, 1.82) is 0 Å². The van der Waals surface area contributed by atoms with E-state index in [4.69, 9.17) is 14.2 Å². The molecule has 27 heavy (non-hydrogen) atoms. The van der Waals surface area contributed by atoms with Gasteiger partial charge in [0.05, 0.1) is 33.2 Å². The third-order valence-electron chi connectivity index (χ3n) is 4.85. The Morgan fingerprint density at radius 3 is 1.96 bits per heavy atom. The highest BCUT2D eigenvalue weighted by Crippen LogP contribution is 2.40. The summed E-state index contributed by atoms with van der Waals surface area (Å²) in [6.45, 7) is -0.318. The van der Waals surface area contributed by atoms with E-state index in [9.17, 15) is 14.4 Å². The minimum atomic E-state index is -0.474. The number of carbonyl (C=O) groups excluding carboxylic acids is 3. The Morgan fingerprint density at radius 2 is 1.52 bits per heavy atom. The van der Waals surface area contributed by atoms with Gasteiger partial charge < -0.3 is 19.5 Å². The zero-order chi connectivity index (χ0) is 19.6. The zero-order valence-electron chi connectivity index (χ0n) is 15.5. The summed E-state index contributed by atoms with van der Waals surface area (Å²) >= 11 is 0. The first-order valence-corrected chi connectivity index (χ1v) is 8.60. The molecule has 1 N–H and O–H groups in total. The predicted octanol–water partition coefficient (Wildman–Crippen LogP) is 1.60. The number of allylic oxidation sites excluding steroid dienone is 2. The fraction of sp³-hybridized carbons (Fsp3) is 0.421. The number of nitrogens with zero attached hydrogens (tertiary/aromatic N) is 1. The van der Waals surface area contributed by atoms with Crippen LogP contribution in [0.15, 0.2) is 24.3 Å². The number of amides is 3. The lowest BCUT2D eigenvalue weighted by Crippen LogP contribution is -2.38. The maximum atomic E-state index is 12.5. The van der Waals surface area contributed by atoms with Crippen molar-refractivity contribution in [3.63, 3.8) is 0 Å². The lowest BCUT2D eigenvalue weighted by molar-refractivity contribution is -0.142. The molecule has 0 bridgehead atoms. The number of likely N-dealkylation sites (tertiary alicyclic amines) is 1. The van der Waals surface area contributed by atoms with Gasteiger partial charge in [0.15, 0.2) is 11.5 Å². The van der Waals surface area contributed by atoms with Crippen LogP contribution in [0.4, 0.5) is 5.69 Å². The van der Waals surface area contributed by atoms with Crippen LogP contribution in [-0.4, -0.2) is 50.5 Å². The highest BCUT2D eigenvalue weighted by Gasteiger charge is 2.47. The summed E-state index contributed by atoms with van der Waals surface area (Å²) in [5.41, 5.74) is 0.410. The molecule has 1 fully saturated rings. The molecule has 8 heteroatoms. The molecule has 0 saturated carbocycles. The Bertz CT molecular complexity index is 752. The van der Waals surface area contributed by atoms with Crippen LogP contribution in [0.5, 0.6) is 17.2 Å². The minimum absolute atomic E-state index is 0.283. The summed E-state index contributed by atoms with van der Waals surface area (Å²) in [6, 6.07) is 3.16. The molecule has 1 aromatic rings. The molecule has 3 amide bonds. The predicted molar refractivity (Wildman–Crippen MR) is 96.8 cm³/mol. The van der Waals surface area contributed by atoms with Gasteiger partial charge in [-0.1, -0.05) is 12.2 Å². The van der Waals surface area contributed by atoms with Crippen molar-refractivity contribution < 1.29 is 28.6 Å². The van der Waals surface area contributed by atoms with E-state index in [1.165, 1.54) is 21.3 Å². The Balaban J connectivity index is 1.73. The third kappa shape index (κ3) is 3.47. The number of nitrogens with one attached hydrogen (secondary N) is 1. The van der Waals surface area contributed by atoms with Crippen LogP contribution in [0.1, 0.15) is 12.8 Å². The van der Waals surface area contributed by atoms with E-state index in [0.717, 1.165) is 4.90 Å². The molecule has 144 valence electrons. The average Bonchev–Trinajstić information content (AvgIpc) is 2.92. The van der Waals surface area contributed by atoms with Gasteiger partial charge in [-0.2, -0.15) is 0 Å². The number of carbonyl (C=O) groups is 3. The number of hydrogen-bond donors (Lipinski definition) is 1. The smallest absolute Gasteiger partial charge is 0.244 e. The number of rotatable bonds is 6. The molecule has 1 saturated heterocycles. The van der Waals surface area contributed by atoms with Gasteiger partial charge in [0.1, 0.15) is 6.54 Å². The summed E-state index contributed by atoms with van der Waals surface area (Å²) in [6.07, 6.45) is 4.90. The van der Waals surface area contributed by atoms with Gasteiger partial charge in [0.2, 0.25) is 23.5 Å². The van der Waals surface area contributed by atoms with Crippen molar-refractivity contribution in [1.82, 2.24) is 4.90 Å². The van der Waals surface area contributed by atoms with Crippen molar-refractivity contribution in [3.05, 3.63) is 24.3 Å². The van der Waals surface area contributed by atoms with Crippen molar-refractivity contribution in [2.75, 3.05) is 33.2 Å². The molecule has 2 aliphatic rings. The zero-order valence-corrected chi connectivity index (χ0v) is 15.5. The lowest BCUT2D eigenvalue weighted by Gasteiger charge is -2.17. The fourth-order valence-corrected chi connectivity index (χ4v) is 3.52. The normalized spacial score (nSPS) is 21.1. The molecule has 1 aliphatic heterocycles. The van der Waals surface area contributed by atoms with Crippen LogP contribution in [0.2, 0.25) is 0 Å². The van der Waals surface area contributed by atoms with Gasteiger partial charge in [-0.3, -0.25) is 19.3 Å². The topological polar surface area (TPSA) is 94.2 Å². The minimum Gasteiger partial charge on any atom is -0.493 e. The molecule has 1 aromatic carbocycles. The van der Waals surface area contributed by atoms with Crippen molar-refractivity contribution in [2.24, 2.45) is 11.8 Å². The molecule has 0 spiro atoms. The van der Waals surface area contributed by atoms with E-state index >= 15 is 0 Å². The molecular formula is C19H22N2O6. The highest BCUT2D eigenvalue weighted by molar-refractivity contribution is 6.08. The number of imide groups is 1. The van der Waals surface area contributed by atoms with Gasteiger partial charge >= 0.3 is 0 Å². The first-order chi connectivity index (χ1) is 13.0. The van der Waals surface area contributed by atoms with E-state index < -0.39 is 5.91 Å². The van der Waals surface area contributed by atoms with Crippen LogP contribution in [0, 0.1) is 11.8 Å². The first-order valence-electron chi connectivity index (χ1n) is 8.60. The highest BCUT2D eigenvalue weighted by atomic mass is 16.5. The number of hydrogen-bond acceptors (Lipinski definition) is 6. The summed E-state index contributed by atoms with van der Waals surface area (Å²) in [4.78, 5) is 38.4. The quantitative estimate of drug-likeness (QED) is 0.600. The molecule has 1 aliphatic carbocycles. The largest absolute Gasteiger partial charge is 0.493 e. The number of anilines is 1. The van der Waals surface area contributed by atoms with E-state index in [0.29, 0.717) is 35.8 Å². The third-order valence-corrected chi connectivity index (χ3v) is 4.85. The van der Waals surface area contributed by atoms with Crippen LogP contribution in [0.3, 0.4) is 0 Å². The lowest BCUT2D eigenvalue weighted by atomic mass is 9.85. The Labute approximate surface area is 157 Å². The SMILES string of the molecule is COc1cc(NC(=O)CN2C(=O)[C@H]3CC=CC[C@@H]3C2=O)cc(OC)c1OC. The van der Waals surface area contributed by atoms with E-state index in [-0.39, 0.29) is 30.2 Å². The summed E-state index contributed by atoms with van der Waals surface area (Å²) < 4.78 is 15.7. The molecule has 2 atom stereocenters. The molecule has 1 heterocycles. The van der Waals surface area contributed by atoms with E-state index in [1.54, 1.807) is 12.1 Å². The first kappa shape index (κ1) is 18.8. The second-order valence-electron chi connectivity index (χ2n) is 6.38. The molecular weight excluding hydrogens is 352 g/mol. The maximum Gasteiger partial charge on any atom is 0.244 e. The van der Waals surface area contributed by atoms with E-state index in [1.807, 2.05) is 12.2 Å². The fourth-order valence-electron chi connectivity index (χ4n) is 3.52. The number of ether oxygens (including phenoxy) is 3. The Kier molecular flexibility index (Phi) is 5.34. The molecule has 0 radical (unpaired) electrons. The van der Waals surface area contributed by atoms with Crippen LogP contribution >= 0.6 is 0 Å². The van der Waals surface area contributed by atoms with Crippen molar-refractivity contribution in [3.8, 4) is 17.2 Å².